The van der Waals surface area contributed by atoms with Gasteiger partial charge in [-0.15, -0.1) is 0 Å². The van der Waals surface area contributed by atoms with E-state index in [0.717, 1.165) is 22.4 Å². The molecule has 0 radical (unpaired) electrons. The van der Waals surface area contributed by atoms with Crippen LogP contribution in [0.25, 0.3) is 11.1 Å². The second kappa shape index (κ2) is 7.28. The third-order valence-corrected chi connectivity index (χ3v) is 2.76. The Morgan fingerprint density at radius 2 is 1.85 bits per heavy atom. The third kappa shape index (κ3) is 3.82. The first-order valence-electron chi connectivity index (χ1n) is 5.85. The molecule has 1 heterocycles. The van der Waals surface area contributed by atoms with Gasteiger partial charge in [0.05, 0.1) is 12.8 Å². The average molecular weight is 275 g/mol. The van der Waals surface area contributed by atoms with Crippen LogP contribution in [0.4, 0.5) is 4.39 Å². The van der Waals surface area contributed by atoms with Gasteiger partial charge in [0.15, 0.2) is 0 Å². The van der Waals surface area contributed by atoms with Crippen LogP contribution in [0.3, 0.4) is 0 Å². The number of benzene rings is 1. The second-order valence-corrected chi connectivity index (χ2v) is 4.20. The number of hydrogen-bond acceptors (Lipinski definition) is 4. The van der Waals surface area contributed by atoms with Crippen molar-refractivity contribution in [2.24, 2.45) is 0 Å². The molecule has 4 nitrogen and oxygen atoms in total. The van der Waals surface area contributed by atoms with E-state index in [0.29, 0.717) is 5.56 Å². The van der Waals surface area contributed by atoms with Crippen LogP contribution in [0.2, 0.25) is 0 Å². The molecule has 1 aromatic carbocycles. The van der Waals surface area contributed by atoms with Crippen LogP contribution in [0.1, 0.15) is 16.8 Å². The lowest BCUT2D eigenvalue weighted by molar-refractivity contribution is -0.191. The van der Waals surface area contributed by atoms with E-state index in [4.69, 9.17) is 14.7 Å². The molecule has 1 aromatic heterocycles. The Hall–Kier alpha value is -2.36. The highest BCUT2D eigenvalue weighted by Crippen LogP contribution is 2.27. The lowest BCUT2D eigenvalue weighted by Crippen LogP contribution is -1.93. The fourth-order valence-corrected chi connectivity index (χ4v) is 1.88. The largest absolute Gasteiger partial charge is 0.392 e. The van der Waals surface area contributed by atoms with Crippen molar-refractivity contribution in [1.29, 1.82) is 0 Å². The van der Waals surface area contributed by atoms with Crippen LogP contribution in [0.15, 0.2) is 30.5 Å². The highest BCUT2D eigenvalue weighted by molar-refractivity contribution is 5.68. The monoisotopic (exact) mass is 275 g/mol. The number of nitrogens with zero attached hydrogens (tertiary/aromatic N) is 1. The summed E-state index contributed by atoms with van der Waals surface area (Å²) in [6.45, 7) is 3.74. The summed E-state index contributed by atoms with van der Waals surface area (Å²) in [5.41, 5.74) is 3.95. The van der Waals surface area contributed by atoms with E-state index in [9.17, 15) is 4.39 Å². The van der Waals surface area contributed by atoms with E-state index in [1.54, 1.807) is 12.1 Å². The Balaban J connectivity index is 0.000000612. The maximum absolute atomic E-state index is 13.7. The van der Waals surface area contributed by atoms with Crippen molar-refractivity contribution in [2.75, 3.05) is 0 Å². The van der Waals surface area contributed by atoms with Gasteiger partial charge in [0.2, 0.25) is 0 Å². The summed E-state index contributed by atoms with van der Waals surface area (Å²) in [6.07, 6.45) is 1.49. The molecule has 0 amide bonds. The molecule has 20 heavy (non-hydrogen) atoms. The number of aryl methyl sites for hydroxylation is 2. The molecule has 0 saturated heterocycles. The number of carbonyl (C=O) groups excluding carboxylic acids is 2. The van der Waals surface area contributed by atoms with Crippen molar-refractivity contribution in [3.63, 3.8) is 0 Å². The molecule has 0 bridgehead atoms. The Morgan fingerprint density at radius 1 is 1.20 bits per heavy atom. The van der Waals surface area contributed by atoms with Crippen LogP contribution >= 0.6 is 0 Å². The minimum absolute atomic E-state index is 0.00102. The Morgan fingerprint density at radius 3 is 2.40 bits per heavy atom. The molecule has 0 saturated carbocycles. The van der Waals surface area contributed by atoms with E-state index in [2.05, 4.69) is 4.98 Å². The molecule has 0 spiro atoms. The molecule has 0 unspecified atom stereocenters. The quantitative estimate of drug-likeness (QED) is 0.914. The number of pyridine rings is 1. The molecular weight excluding hydrogens is 261 g/mol. The summed E-state index contributed by atoms with van der Waals surface area (Å²) in [7, 11) is 0. The van der Waals surface area contributed by atoms with Crippen molar-refractivity contribution in [3.8, 4) is 11.1 Å². The average Bonchev–Trinajstić information content (AvgIpc) is 2.42. The minimum atomic E-state index is -0.324. The van der Waals surface area contributed by atoms with Gasteiger partial charge in [0, 0.05) is 11.3 Å². The summed E-state index contributed by atoms with van der Waals surface area (Å²) < 4.78 is 13.7. The molecule has 0 aliphatic carbocycles. The first-order valence-corrected chi connectivity index (χ1v) is 5.85. The molecule has 5 heteroatoms. The predicted molar refractivity (Wildman–Crippen MR) is 70.0 cm³/mol. The molecule has 0 atom stereocenters. The fourth-order valence-electron chi connectivity index (χ4n) is 1.88. The van der Waals surface area contributed by atoms with Gasteiger partial charge in [0.1, 0.15) is 5.82 Å². The SMILES string of the molecule is Cc1cc(-c2ccc(CO)cc2C)c(F)cn1.O=C=O. The van der Waals surface area contributed by atoms with Gasteiger partial charge >= 0.3 is 6.15 Å². The standard InChI is InChI=1S/C14H14FNO.CO2/c1-9-5-11(8-17)3-4-12(9)13-6-10(2)16-7-14(13)15;2-1-3/h3-7,17H,8H2,1-2H3;. The summed E-state index contributed by atoms with van der Waals surface area (Å²) in [6, 6.07) is 7.23. The number of rotatable bonds is 2. The number of aromatic nitrogens is 1. The van der Waals surface area contributed by atoms with Crippen molar-refractivity contribution in [1.82, 2.24) is 4.98 Å². The zero-order valence-corrected chi connectivity index (χ0v) is 11.2. The summed E-state index contributed by atoms with van der Waals surface area (Å²) in [5, 5.41) is 9.04. The van der Waals surface area contributed by atoms with Crippen LogP contribution in [0, 0.1) is 19.7 Å². The summed E-state index contributed by atoms with van der Waals surface area (Å²) in [5.74, 6) is -0.324. The first-order chi connectivity index (χ1) is 9.53. The van der Waals surface area contributed by atoms with Gasteiger partial charge in [-0.2, -0.15) is 9.59 Å². The van der Waals surface area contributed by atoms with E-state index >= 15 is 0 Å². The van der Waals surface area contributed by atoms with Crippen LogP contribution < -0.4 is 0 Å². The van der Waals surface area contributed by atoms with Crippen LogP contribution in [0.5, 0.6) is 0 Å². The Kier molecular flexibility index (Phi) is 5.72. The van der Waals surface area contributed by atoms with Gasteiger partial charge < -0.3 is 5.11 Å². The van der Waals surface area contributed by atoms with Crippen molar-refractivity contribution >= 4 is 6.15 Å². The van der Waals surface area contributed by atoms with Crippen molar-refractivity contribution < 1.29 is 19.1 Å². The van der Waals surface area contributed by atoms with Gasteiger partial charge in [-0.25, -0.2) is 4.39 Å². The number of hydrogen-bond donors (Lipinski definition) is 1. The predicted octanol–water partition coefficient (Wildman–Crippen LogP) is 2.41. The summed E-state index contributed by atoms with van der Waals surface area (Å²) >= 11 is 0. The zero-order chi connectivity index (χ0) is 15.1. The third-order valence-electron chi connectivity index (χ3n) is 2.76. The van der Waals surface area contributed by atoms with E-state index in [1.807, 2.05) is 26.0 Å². The van der Waals surface area contributed by atoms with E-state index < -0.39 is 0 Å². The molecule has 2 aromatic rings. The topological polar surface area (TPSA) is 67.3 Å². The molecular formula is C15H14FNO3. The van der Waals surface area contributed by atoms with Gasteiger partial charge in [-0.05, 0) is 36.6 Å². The van der Waals surface area contributed by atoms with E-state index in [-0.39, 0.29) is 18.6 Å². The van der Waals surface area contributed by atoms with Crippen LogP contribution in [-0.2, 0) is 16.2 Å². The first kappa shape index (κ1) is 15.7. The van der Waals surface area contributed by atoms with Crippen molar-refractivity contribution in [3.05, 3.63) is 53.1 Å². The molecule has 0 fully saturated rings. The maximum Gasteiger partial charge on any atom is 0.373 e. The Bertz CT molecular complexity index is 635. The highest BCUT2D eigenvalue weighted by atomic mass is 19.1. The van der Waals surface area contributed by atoms with Gasteiger partial charge in [-0.1, -0.05) is 18.2 Å². The van der Waals surface area contributed by atoms with Crippen LogP contribution in [-0.4, -0.2) is 16.2 Å². The Labute approximate surface area is 115 Å². The van der Waals surface area contributed by atoms with Crippen molar-refractivity contribution in [2.45, 2.75) is 20.5 Å². The molecule has 0 aliphatic rings. The fraction of sp³-hybridized carbons (Fsp3) is 0.200. The van der Waals surface area contributed by atoms with Gasteiger partial charge in [-0.3, -0.25) is 4.98 Å². The lowest BCUT2D eigenvalue weighted by Gasteiger charge is -2.09. The minimum Gasteiger partial charge on any atom is -0.392 e. The van der Waals surface area contributed by atoms with E-state index in [1.165, 1.54) is 6.20 Å². The molecule has 2 rings (SSSR count). The molecule has 1 N–H and O–H groups in total. The molecule has 0 aliphatic heterocycles. The lowest BCUT2D eigenvalue weighted by atomic mass is 9.98. The zero-order valence-electron chi connectivity index (χ0n) is 11.2. The summed E-state index contributed by atoms with van der Waals surface area (Å²) in [4.78, 5) is 20.2. The van der Waals surface area contributed by atoms with Gasteiger partial charge in [0.25, 0.3) is 0 Å². The number of halogens is 1. The second-order valence-electron chi connectivity index (χ2n) is 4.20. The number of aliphatic hydroxyl groups is 1. The normalized spacial score (nSPS) is 9.40. The smallest absolute Gasteiger partial charge is 0.373 e. The number of aliphatic hydroxyl groups excluding tert-OH is 1. The highest BCUT2D eigenvalue weighted by Gasteiger charge is 2.09. The molecule has 104 valence electrons. The maximum atomic E-state index is 13.7.